The molecule has 1 fully saturated rings. The number of ether oxygens (including phenoxy) is 1. The number of aromatic nitrogens is 1. The van der Waals surface area contributed by atoms with Crippen molar-refractivity contribution in [3.05, 3.63) is 77.4 Å². The van der Waals surface area contributed by atoms with Crippen molar-refractivity contribution in [2.45, 2.75) is 19.0 Å². The van der Waals surface area contributed by atoms with Gasteiger partial charge in [0.05, 0.1) is 0 Å². The van der Waals surface area contributed by atoms with Gasteiger partial charge in [-0.05, 0) is 49.4 Å². The molecule has 2 aromatic carbocycles. The highest BCUT2D eigenvalue weighted by Crippen LogP contribution is 2.55. The van der Waals surface area contributed by atoms with Crippen LogP contribution in [0.15, 0.2) is 66.9 Å². The minimum atomic E-state index is -3.57. The van der Waals surface area contributed by atoms with E-state index >= 15 is 0 Å². The molecule has 0 bridgehead atoms. The Morgan fingerprint density at radius 2 is 1.71 bits per heavy atom. The maximum atomic E-state index is 13.6. The van der Waals surface area contributed by atoms with Crippen LogP contribution in [0.2, 0.25) is 5.02 Å². The van der Waals surface area contributed by atoms with Crippen molar-refractivity contribution in [1.82, 2.24) is 4.57 Å². The summed E-state index contributed by atoms with van der Waals surface area (Å²) in [7, 11) is 0. The van der Waals surface area contributed by atoms with E-state index in [1.54, 1.807) is 66.2 Å². The van der Waals surface area contributed by atoms with Crippen molar-refractivity contribution >= 4 is 41.1 Å². The normalized spacial score (nSPS) is 18.9. The molecule has 1 aliphatic rings. The Kier molecular flexibility index (Phi) is 6.49. The molecule has 0 saturated heterocycles. The molecule has 1 aliphatic carbocycles. The van der Waals surface area contributed by atoms with Crippen molar-refractivity contribution in [3.63, 3.8) is 0 Å². The highest BCUT2D eigenvalue weighted by atomic mass is 35.5. The highest BCUT2D eigenvalue weighted by molar-refractivity contribution is 6.31. The number of carboxylic acid groups (broad SMARTS) is 1. The van der Waals surface area contributed by atoms with Crippen LogP contribution in [0, 0.1) is 11.8 Å². The Morgan fingerprint density at radius 3 is 2.34 bits per heavy atom. The van der Waals surface area contributed by atoms with Crippen LogP contribution in [0.4, 0.5) is 25.1 Å². The van der Waals surface area contributed by atoms with E-state index in [9.17, 15) is 23.2 Å². The lowest BCUT2D eigenvalue weighted by atomic mass is 10.1. The van der Waals surface area contributed by atoms with Gasteiger partial charge in [-0.2, -0.15) is 0 Å². The van der Waals surface area contributed by atoms with Crippen LogP contribution < -0.4 is 10.6 Å². The molecule has 3 N–H and O–H groups in total. The number of nitrogens with one attached hydrogen (secondary N) is 2. The monoisotopic (exact) mass is 503 g/mol. The molecule has 35 heavy (non-hydrogen) atoms. The van der Waals surface area contributed by atoms with Gasteiger partial charge in [-0.1, -0.05) is 29.8 Å². The van der Waals surface area contributed by atoms with Crippen LogP contribution in [-0.4, -0.2) is 33.6 Å². The zero-order valence-corrected chi connectivity index (χ0v) is 19.0. The molecule has 0 aliphatic heterocycles. The number of alkyl halides is 2. The van der Waals surface area contributed by atoms with Crippen molar-refractivity contribution in [3.8, 4) is 5.69 Å². The molecule has 0 unspecified atom stereocenters. The summed E-state index contributed by atoms with van der Waals surface area (Å²) in [4.78, 5) is 35.4. The van der Waals surface area contributed by atoms with E-state index in [0.29, 0.717) is 22.1 Å². The van der Waals surface area contributed by atoms with E-state index < -0.39 is 41.8 Å². The first-order valence-electron chi connectivity index (χ1n) is 10.5. The maximum Gasteiger partial charge on any atom is 0.413 e. The summed E-state index contributed by atoms with van der Waals surface area (Å²) in [6, 6.07) is 16.5. The molecule has 182 valence electrons. The number of aliphatic carboxylic acids is 1. The second-order valence-electron chi connectivity index (χ2n) is 7.96. The third-order valence-corrected chi connectivity index (χ3v) is 5.97. The Labute approximate surface area is 203 Å². The molecular formula is C24H20ClF2N3O5. The first-order chi connectivity index (χ1) is 16.6. The summed E-state index contributed by atoms with van der Waals surface area (Å²) >= 11 is 6.15. The SMILES string of the molecule is C[C@@H](OC(=O)Nc1cccn1-c1ccc(NC(=O)[C@@H]2[C@@H](C(=O)O)C2(F)F)cc1)c1ccccc1Cl. The molecule has 0 radical (unpaired) electrons. The first kappa shape index (κ1) is 24.2. The lowest BCUT2D eigenvalue weighted by Crippen LogP contribution is -2.18. The molecular weight excluding hydrogens is 484 g/mol. The van der Waals surface area contributed by atoms with E-state index in [2.05, 4.69) is 10.6 Å². The number of amides is 2. The second-order valence-corrected chi connectivity index (χ2v) is 8.37. The minimum Gasteiger partial charge on any atom is -0.481 e. The van der Waals surface area contributed by atoms with Crippen LogP contribution in [0.5, 0.6) is 0 Å². The van der Waals surface area contributed by atoms with E-state index in [-0.39, 0.29) is 5.69 Å². The number of carbonyl (C=O) groups is 3. The van der Waals surface area contributed by atoms with Gasteiger partial charge < -0.3 is 19.7 Å². The number of halogens is 3. The predicted octanol–water partition coefficient (Wildman–Crippen LogP) is 5.34. The fourth-order valence-corrected chi connectivity index (χ4v) is 4.05. The maximum absolute atomic E-state index is 13.6. The number of anilines is 2. The third kappa shape index (κ3) is 4.97. The topological polar surface area (TPSA) is 110 Å². The lowest BCUT2D eigenvalue weighted by Gasteiger charge is -2.16. The quantitative estimate of drug-likeness (QED) is 0.403. The molecule has 1 heterocycles. The molecule has 3 atom stereocenters. The molecule has 0 spiro atoms. The Hall–Kier alpha value is -3.92. The third-order valence-electron chi connectivity index (χ3n) is 5.62. The van der Waals surface area contributed by atoms with Gasteiger partial charge in [0.15, 0.2) is 0 Å². The average molecular weight is 504 g/mol. The number of nitrogens with zero attached hydrogens (tertiary/aromatic N) is 1. The van der Waals surface area contributed by atoms with Gasteiger partial charge in [0.1, 0.15) is 23.8 Å². The largest absolute Gasteiger partial charge is 0.481 e. The standard InChI is InChI=1S/C24H20ClF2N3O5/c1-13(16-5-2-3-6-17(16)25)35-23(34)29-18-7-4-12-30(18)15-10-8-14(9-11-15)28-21(31)19-20(22(32)33)24(19,26)27/h2-13,19-20H,1H3,(H,28,31)(H,29,34)(H,32,33)/t13-,19+,20+/m1/s1. The molecule has 11 heteroatoms. The van der Waals surface area contributed by atoms with Gasteiger partial charge in [0.2, 0.25) is 5.91 Å². The number of benzene rings is 2. The van der Waals surface area contributed by atoms with Gasteiger partial charge in [0.25, 0.3) is 5.92 Å². The zero-order valence-electron chi connectivity index (χ0n) is 18.2. The van der Waals surface area contributed by atoms with Crippen LogP contribution in [0.3, 0.4) is 0 Å². The van der Waals surface area contributed by atoms with Gasteiger partial charge in [0, 0.05) is 28.2 Å². The number of carboxylic acids is 1. The fraction of sp³-hybridized carbons (Fsp3) is 0.208. The van der Waals surface area contributed by atoms with Crippen molar-refractivity contribution in [1.29, 1.82) is 0 Å². The summed E-state index contributed by atoms with van der Waals surface area (Å²) in [6.45, 7) is 1.70. The van der Waals surface area contributed by atoms with E-state index in [1.165, 1.54) is 12.1 Å². The smallest absolute Gasteiger partial charge is 0.413 e. The molecule has 1 aromatic heterocycles. The molecule has 3 aromatic rings. The number of rotatable bonds is 7. The van der Waals surface area contributed by atoms with Crippen LogP contribution >= 0.6 is 11.6 Å². The fourth-order valence-electron chi connectivity index (χ4n) is 3.76. The van der Waals surface area contributed by atoms with Crippen LogP contribution in [-0.2, 0) is 14.3 Å². The summed E-state index contributed by atoms with van der Waals surface area (Å²) in [6.07, 6.45) is 0.400. The van der Waals surface area contributed by atoms with Gasteiger partial charge in [-0.25, -0.2) is 13.6 Å². The molecule has 2 amide bonds. The zero-order chi connectivity index (χ0) is 25.3. The van der Waals surface area contributed by atoms with Gasteiger partial charge >= 0.3 is 12.1 Å². The van der Waals surface area contributed by atoms with Crippen molar-refractivity contribution in [2.75, 3.05) is 10.6 Å². The summed E-state index contributed by atoms with van der Waals surface area (Å²) in [5, 5.41) is 14.3. The number of carbonyl (C=O) groups excluding carboxylic acids is 2. The lowest BCUT2D eigenvalue weighted by molar-refractivity contribution is -0.141. The molecule has 8 nitrogen and oxygen atoms in total. The Balaban J connectivity index is 1.39. The van der Waals surface area contributed by atoms with Crippen LogP contribution in [0.1, 0.15) is 18.6 Å². The van der Waals surface area contributed by atoms with Gasteiger partial charge in [-0.15, -0.1) is 0 Å². The Morgan fingerprint density at radius 1 is 1.03 bits per heavy atom. The second kappa shape index (κ2) is 9.38. The minimum absolute atomic E-state index is 0.222. The van der Waals surface area contributed by atoms with E-state index in [1.807, 2.05) is 0 Å². The average Bonchev–Trinajstić information content (AvgIpc) is 3.12. The number of hydrogen-bond donors (Lipinski definition) is 3. The van der Waals surface area contributed by atoms with E-state index in [4.69, 9.17) is 21.4 Å². The van der Waals surface area contributed by atoms with Crippen LogP contribution in [0.25, 0.3) is 5.69 Å². The number of hydrogen-bond acceptors (Lipinski definition) is 4. The molecule has 4 rings (SSSR count). The van der Waals surface area contributed by atoms with Crippen molar-refractivity contribution < 1.29 is 33.0 Å². The first-order valence-corrected chi connectivity index (χ1v) is 10.9. The predicted molar refractivity (Wildman–Crippen MR) is 124 cm³/mol. The summed E-state index contributed by atoms with van der Waals surface area (Å²) in [5.41, 5.74) is 1.49. The Bertz CT molecular complexity index is 1280. The van der Waals surface area contributed by atoms with Gasteiger partial charge in [-0.3, -0.25) is 14.9 Å². The van der Waals surface area contributed by atoms with E-state index in [0.717, 1.165) is 0 Å². The summed E-state index contributed by atoms with van der Waals surface area (Å²) in [5.74, 6) is -9.86. The molecule has 1 saturated carbocycles. The highest BCUT2D eigenvalue weighted by Gasteiger charge is 2.75. The van der Waals surface area contributed by atoms with Crippen molar-refractivity contribution in [2.24, 2.45) is 11.8 Å². The summed E-state index contributed by atoms with van der Waals surface area (Å²) < 4.78 is 34.2.